The highest BCUT2D eigenvalue weighted by molar-refractivity contribution is 7.99. The van der Waals surface area contributed by atoms with Gasteiger partial charge in [0.25, 0.3) is 5.91 Å². The van der Waals surface area contributed by atoms with Crippen LogP contribution in [0.5, 0.6) is 0 Å². The van der Waals surface area contributed by atoms with Gasteiger partial charge in [0, 0.05) is 12.0 Å². The average molecular weight is 572 g/mol. The van der Waals surface area contributed by atoms with Crippen LogP contribution >= 0.6 is 46.8 Å². The van der Waals surface area contributed by atoms with Crippen molar-refractivity contribution in [1.82, 2.24) is 5.32 Å². The van der Waals surface area contributed by atoms with Gasteiger partial charge in [0.2, 0.25) is 0 Å². The van der Waals surface area contributed by atoms with Gasteiger partial charge in [0.05, 0.1) is 38.3 Å². The molecular weight excluding hydrogens is 556 g/mol. The van der Waals surface area contributed by atoms with Gasteiger partial charge >= 0.3 is 6.18 Å². The fourth-order valence-corrected chi connectivity index (χ4v) is 6.71. The van der Waals surface area contributed by atoms with Crippen LogP contribution < -0.4 is 5.32 Å². The summed E-state index contributed by atoms with van der Waals surface area (Å²) in [6.07, 6.45) is -5.15. The molecule has 2 aromatic carbocycles. The molecule has 2 aromatic rings. The summed E-state index contributed by atoms with van der Waals surface area (Å²) in [7, 11) is -3.09. The van der Waals surface area contributed by atoms with Crippen molar-refractivity contribution in [2.45, 2.75) is 30.3 Å². The molecule has 1 saturated heterocycles. The number of hydrogen-bond acceptors (Lipinski definition) is 5. The molecule has 2 aliphatic rings. The van der Waals surface area contributed by atoms with Gasteiger partial charge in [-0.3, -0.25) is 4.79 Å². The summed E-state index contributed by atoms with van der Waals surface area (Å²) in [5.41, 5.74) is 1.30. The summed E-state index contributed by atoms with van der Waals surface area (Å²) < 4.78 is 67.2. The second kappa shape index (κ2) is 8.89. The Kier molecular flexibility index (Phi) is 6.70. The number of carbonyl (C=O) groups is 1. The van der Waals surface area contributed by atoms with Gasteiger partial charge < -0.3 is 5.32 Å². The van der Waals surface area contributed by atoms with E-state index in [-0.39, 0.29) is 37.8 Å². The Morgan fingerprint density at radius 2 is 1.76 bits per heavy atom. The summed E-state index contributed by atoms with van der Waals surface area (Å²) in [6, 6.07) is 6.44. The Labute approximate surface area is 213 Å². The molecule has 13 heteroatoms. The van der Waals surface area contributed by atoms with Crippen LogP contribution in [0.2, 0.25) is 15.1 Å². The molecule has 182 valence electrons. The summed E-state index contributed by atoms with van der Waals surface area (Å²) in [5, 5.41) is 2.44. The topological polar surface area (TPSA) is 75.6 Å². The van der Waals surface area contributed by atoms with Crippen molar-refractivity contribution in [3.8, 4) is 0 Å². The van der Waals surface area contributed by atoms with E-state index in [4.69, 9.17) is 34.8 Å². The zero-order valence-electron chi connectivity index (χ0n) is 17.3. The number of rotatable bonds is 4. The zero-order valence-corrected chi connectivity index (χ0v) is 21.2. The predicted octanol–water partition coefficient (Wildman–Crippen LogP) is 5.78. The lowest BCUT2D eigenvalue weighted by Crippen LogP contribution is -2.53. The fourth-order valence-electron chi connectivity index (χ4n) is 3.86. The SMILES string of the molecule is Cc1cc(C2=NSC(c3cc(Cl)c(Cl)c(Cl)c3)(C(F)(F)F)C2)ccc1C(=O)NC1CS(=O)(=O)C1. The van der Waals surface area contributed by atoms with Gasteiger partial charge in [-0.2, -0.15) is 13.2 Å². The van der Waals surface area contributed by atoms with Crippen molar-refractivity contribution < 1.29 is 26.4 Å². The number of halogens is 6. The van der Waals surface area contributed by atoms with Gasteiger partial charge in [-0.1, -0.05) is 40.9 Å². The lowest BCUT2D eigenvalue weighted by Gasteiger charge is -2.30. The van der Waals surface area contributed by atoms with Gasteiger partial charge in [0.15, 0.2) is 14.6 Å². The fraction of sp³-hybridized carbons (Fsp3) is 0.333. The normalized spacial score (nSPS) is 22.3. The first-order valence-electron chi connectivity index (χ1n) is 9.81. The Morgan fingerprint density at radius 1 is 1.15 bits per heavy atom. The van der Waals surface area contributed by atoms with E-state index < -0.39 is 39.1 Å². The van der Waals surface area contributed by atoms with Crippen LogP contribution in [0.3, 0.4) is 0 Å². The molecule has 1 amide bonds. The maximum absolute atomic E-state index is 14.3. The van der Waals surface area contributed by atoms with Gasteiger partial charge in [-0.05, 0) is 59.8 Å². The third-order valence-corrected chi connectivity index (χ3v) is 9.94. The van der Waals surface area contributed by atoms with Crippen LogP contribution in [-0.2, 0) is 14.6 Å². The smallest absolute Gasteiger partial charge is 0.347 e. The van der Waals surface area contributed by atoms with Crippen molar-refractivity contribution in [2.75, 3.05) is 11.5 Å². The second-order valence-electron chi connectivity index (χ2n) is 8.16. The van der Waals surface area contributed by atoms with Crippen LogP contribution in [-0.4, -0.2) is 43.8 Å². The molecule has 1 fully saturated rings. The molecule has 34 heavy (non-hydrogen) atoms. The molecule has 5 nitrogen and oxygen atoms in total. The number of nitrogens with zero attached hydrogens (tertiary/aromatic N) is 1. The van der Waals surface area contributed by atoms with Gasteiger partial charge in [0.1, 0.15) is 0 Å². The minimum absolute atomic E-state index is 0.0301. The monoisotopic (exact) mass is 570 g/mol. The highest BCUT2D eigenvalue weighted by atomic mass is 35.5. The van der Waals surface area contributed by atoms with Gasteiger partial charge in [-0.25, -0.2) is 12.8 Å². The van der Waals surface area contributed by atoms with E-state index >= 15 is 0 Å². The van der Waals surface area contributed by atoms with Crippen LogP contribution in [0.25, 0.3) is 0 Å². The summed E-state index contributed by atoms with van der Waals surface area (Å²) in [4.78, 5) is 12.5. The maximum atomic E-state index is 14.3. The molecule has 1 N–H and O–H groups in total. The molecule has 2 aliphatic heterocycles. The van der Waals surface area contributed by atoms with E-state index in [1.807, 2.05) is 0 Å². The Balaban J connectivity index is 1.59. The molecule has 1 atom stereocenters. The van der Waals surface area contributed by atoms with Crippen molar-refractivity contribution in [2.24, 2.45) is 4.40 Å². The summed E-state index contributed by atoms with van der Waals surface area (Å²) in [5.74, 6) is -0.661. The number of hydrogen-bond donors (Lipinski definition) is 1. The maximum Gasteiger partial charge on any atom is 0.409 e. The third kappa shape index (κ3) is 4.67. The molecule has 0 radical (unpaired) electrons. The zero-order chi connectivity index (χ0) is 25.1. The van der Waals surface area contributed by atoms with Crippen LogP contribution in [0.1, 0.15) is 33.5 Å². The lowest BCUT2D eigenvalue weighted by atomic mass is 9.89. The molecule has 0 aliphatic carbocycles. The Bertz CT molecular complexity index is 1300. The van der Waals surface area contributed by atoms with E-state index in [0.29, 0.717) is 28.6 Å². The number of nitrogens with one attached hydrogen (secondary N) is 1. The molecule has 1 unspecified atom stereocenters. The van der Waals surface area contributed by atoms with Crippen molar-refractivity contribution in [1.29, 1.82) is 0 Å². The van der Waals surface area contributed by atoms with Crippen molar-refractivity contribution in [3.63, 3.8) is 0 Å². The standard InChI is InChI=1S/C21H16Cl3F3N2O3S2/c1-10-4-11(2-3-14(10)19(30)28-13-8-34(31,32)9-13)17-7-20(33-29-17,21(25,26)27)12-5-15(22)18(24)16(23)6-12/h2-6,13H,7-9H2,1H3,(H,28,30). The van der Waals surface area contributed by atoms with E-state index in [2.05, 4.69) is 9.71 Å². The van der Waals surface area contributed by atoms with E-state index in [0.717, 1.165) is 12.1 Å². The first-order chi connectivity index (χ1) is 15.7. The van der Waals surface area contributed by atoms with E-state index in [1.165, 1.54) is 12.1 Å². The number of carbonyl (C=O) groups excluding carboxylic acids is 1. The van der Waals surface area contributed by atoms with Crippen LogP contribution in [0, 0.1) is 6.92 Å². The highest BCUT2D eigenvalue weighted by Crippen LogP contribution is 2.57. The number of sulfone groups is 1. The average Bonchev–Trinajstić information content (AvgIpc) is 3.17. The number of benzene rings is 2. The molecule has 0 spiro atoms. The number of alkyl halides is 3. The van der Waals surface area contributed by atoms with Crippen LogP contribution in [0.15, 0.2) is 34.7 Å². The molecule has 0 saturated carbocycles. The first-order valence-corrected chi connectivity index (χ1v) is 13.5. The minimum atomic E-state index is -4.68. The molecular formula is C21H16Cl3F3N2O3S2. The lowest BCUT2D eigenvalue weighted by molar-refractivity contribution is -0.159. The second-order valence-corrected chi connectivity index (χ2v) is 12.6. The number of aryl methyl sites for hydroxylation is 1. The largest absolute Gasteiger partial charge is 0.409 e. The Morgan fingerprint density at radius 3 is 2.29 bits per heavy atom. The van der Waals surface area contributed by atoms with Gasteiger partial charge in [-0.15, -0.1) is 0 Å². The molecule has 2 heterocycles. The minimum Gasteiger partial charge on any atom is -0.347 e. The third-order valence-electron chi connectivity index (χ3n) is 5.69. The first kappa shape index (κ1) is 25.6. The van der Waals surface area contributed by atoms with Crippen LogP contribution in [0.4, 0.5) is 13.2 Å². The quantitative estimate of drug-likeness (QED) is 0.373. The highest BCUT2D eigenvalue weighted by Gasteiger charge is 2.60. The summed E-state index contributed by atoms with van der Waals surface area (Å²) in [6.45, 7) is 1.65. The summed E-state index contributed by atoms with van der Waals surface area (Å²) >= 11 is 18.3. The van der Waals surface area contributed by atoms with Crippen molar-refractivity contribution in [3.05, 3.63) is 67.7 Å². The molecule has 0 aromatic heterocycles. The van der Waals surface area contributed by atoms with Crippen molar-refractivity contribution >= 4 is 68.2 Å². The molecule has 4 rings (SSSR count). The predicted molar refractivity (Wildman–Crippen MR) is 129 cm³/mol. The van der Waals surface area contributed by atoms with E-state index in [1.54, 1.807) is 13.0 Å². The number of amides is 1. The Hall–Kier alpha value is -1.46. The van der Waals surface area contributed by atoms with E-state index in [9.17, 15) is 26.4 Å². The molecule has 0 bridgehead atoms.